The first-order valence-corrected chi connectivity index (χ1v) is 9.93. The molecular weight excluding hydrogens is 412 g/mol. The lowest BCUT2D eigenvalue weighted by Gasteiger charge is -2.19. The van der Waals surface area contributed by atoms with E-state index in [-0.39, 0.29) is 13.0 Å². The van der Waals surface area contributed by atoms with Crippen molar-refractivity contribution in [2.24, 2.45) is 0 Å². The highest BCUT2D eigenvalue weighted by Crippen LogP contribution is 2.15. The molecule has 0 aliphatic carbocycles. The summed E-state index contributed by atoms with van der Waals surface area (Å²) < 4.78 is 15.4. The van der Waals surface area contributed by atoms with Crippen LogP contribution < -0.4 is 10.1 Å². The number of nitrogens with one attached hydrogen (secondary N) is 1. The molecular formula is C24H26N2O6. The van der Waals surface area contributed by atoms with Crippen LogP contribution in [-0.2, 0) is 25.5 Å². The maximum absolute atomic E-state index is 12.5. The summed E-state index contributed by atoms with van der Waals surface area (Å²) in [5, 5.41) is 11.5. The van der Waals surface area contributed by atoms with E-state index >= 15 is 0 Å². The number of amides is 1. The van der Waals surface area contributed by atoms with Crippen molar-refractivity contribution >= 4 is 17.8 Å². The third-order valence-electron chi connectivity index (χ3n) is 4.21. The maximum Gasteiger partial charge on any atom is 0.344 e. The van der Waals surface area contributed by atoms with Crippen LogP contribution in [0.3, 0.4) is 0 Å². The van der Waals surface area contributed by atoms with E-state index < -0.39 is 29.5 Å². The van der Waals surface area contributed by atoms with Gasteiger partial charge >= 0.3 is 11.9 Å². The molecule has 2 rings (SSSR count). The fourth-order valence-corrected chi connectivity index (χ4v) is 2.74. The van der Waals surface area contributed by atoms with Gasteiger partial charge in [0, 0.05) is 12.0 Å². The molecule has 1 N–H and O–H groups in total. The van der Waals surface area contributed by atoms with Gasteiger partial charge in [0.2, 0.25) is 0 Å². The van der Waals surface area contributed by atoms with E-state index in [0.29, 0.717) is 16.9 Å². The highest BCUT2D eigenvalue weighted by atomic mass is 16.6. The van der Waals surface area contributed by atoms with Crippen LogP contribution in [0.1, 0.15) is 42.3 Å². The highest BCUT2D eigenvalue weighted by Gasteiger charge is 2.23. The minimum absolute atomic E-state index is 0.195. The average molecular weight is 438 g/mol. The molecule has 0 unspecified atom stereocenters. The van der Waals surface area contributed by atoms with Crippen LogP contribution in [0.15, 0.2) is 48.5 Å². The third-order valence-corrected chi connectivity index (χ3v) is 4.21. The lowest BCUT2D eigenvalue weighted by Crippen LogP contribution is -2.43. The molecule has 32 heavy (non-hydrogen) atoms. The van der Waals surface area contributed by atoms with Crippen LogP contribution in [-0.4, -0.2) is 43.2 Å². The molecule has 8 heteroatoms. The second kappa shape index (κ2) is 11.0. The fourth-order valence-electron chi connectivity index (χ4n) is 2.74. The van der Waals surface area contributed by atoms with Crippen LogP contribution in [0.2, 0.25) is 0 Å². The van der Waals surface area contributed by atoms with E-state index in [9.17, 15) is 14.4 Å². The van der Waals surface area contributed by atoms with Gasteiger partial charge in [0.15, 0.2) is 6.61 Å². The molecule has 2 aromatic carbocycles. The van der Waals surface area contributed by atoms with Gasteiger partial charge in [0.05, 0.1) is 18.7 Å². The molecule has 0 heterocycles. The van der Waals surface area contributed by atoms with Gasteiger partial charge in [0.1, 0.15) is 17.4 Å². The average Bonchev–Trinajstić information content (AvgIpc) is 2.76. The fraction of sp³-hybridized carbons (Fsp3) is 0.333. The van der Waals surface area contributed by atoms with Crippen molar-refractivity contribution < 1.29 is 28.6 Å². The number of esters is 2. The van der Waals surface area contributed by atoms with Gasteiger partial charge in [-0.1, -0.05) is 12.1 Å². The molecule has 0 fully saturated rings. The van der Waals surface area contributed by atoms with Crippen molar-refractivity contribution in [1.29, 1.82) is 5.26 Å². The maximum atomic E-state index is 12.5. The Morgan fingerprint density at radius 2 is 1.66 bits per heavy atom. The van der Waals surface area contributed by atoms with Crippen molar-refractivity contribution in [3.05, 3.63) is 65.2 Å². The summed E-state index contributed by atoms with van der Waals surface area (Å²) in [6.07, 6.45) is 0.195. The molecule has 0 radical (unpaired) electrons. The van der Waals surface area contributed by atoms with Gasteiger partial charge in [0.25, 0.3) is 5.91 Å². The van der Waals surface area contributed by atoms with Gasteiger partial charge in [-0.25, -0.2) is 9.59 Å². The van der Waals surface area contributed by atoms with Gasteiger partial charge in [-0.2, -0.15) is 5.26 Å². The second-order valence-corrected chi connectivity index (χ2v) is 7.96. The number of nitrogens with zero attached hydrogens (tertiary/aromatic N) is 1. The summed E-state index contributed by atoms with van der Waals surface area (Å²) in [6.45, 7) is 5.11. The zero-order valence-electron chi connectivity index (χ0n) is 18.5. The van der Waals surface area contributed by atoms with E-state index in [1.165, 1.54) is 31.4 Å². The van der Waals surface area contributed by atoms with Crippen molar-refractivity contribution in [3.8, 4) is 11.8 Å². The molecule has 0 aromatic heterocycles. The Balaban J connectivity index is 1.99. The number of carbonyl (C=O) groups is 3. The topological polar surface area (TPSA) is 115 Å². The summed E-state index contributed by atoms with van der Waals surface area (Å²) in [5.74, 6) is -1.05. The summed E-state index contributed by atoms with van der Waals surface area (Å²) in [4.78, 5) is 36.4. The van der Waals surface area contributed by atoms with Gasteiger partial charge in [-0.3, -0.25) is 4.79 Å². The number of hydrogen-bond donors (Lipinski definition) is 1. The molecule has 168 valence electrons. The van der Waals surface area contributed by atoms with E-state index in [4.69, 9.17) is 19.5 Å². The Morgan fingerprint density at radius 3 is 2.19 bits per heavy atom. The largest absolute Gasteiger partial charge is 0.482 e. The van der Waals surface area contributed by atoms with Crippen LogP contribution in [0.4, 0.5) is 0 Å². The van der Waals surface area contributed by atoms with Crippen LogP contribution in [0, 0.1) is 11.3 Å². The van der Waals surface area contributed by atoms with Crippen LogP contribution in [0.25, 0.3) is 0 Å². The lowest BCUT2D eigenvalue weighted by molar-refractivity contribution is -0.157. The summed E-state index contributed by atoms with van der Waals surface area (Å²) in [6, 6.07) is 13.9. The van der Waals surface area contributed by atoms with Gasteiger partial charge < -0.3 is 19.5 Å². The van der Waals surface area contributed by atoms with Gasteiger partial charge in [-0.15, -0.1) is 0 Å². The number of rotatable bonds is 8. The number of hydrogen-bond acceptors (Lipinski definition) is 7. The quantitative estimate of drug-likeness (QED) is 0.630. The molecule has 0 saturated heterocycles. The first-order chi connectivity index (χ1) is 15.1. The molecule has 1 atom stereocenters. The first kappa shape index (κ1) is 24.4. The standard InChI is InChI=1S/C24H26N2O6/c1-24(2,3)32-21(27)15-31-19-11-7-16(8-12-19)13-20(23(29)30-4)26-22(28)18-9-5-17(14-25)6-10-18/h5-12,20H,13,15H2,1-4H3,(H,26,28)/t20-/m1/s1. The monoisotopic (exact) mass is 438 g/mol. The molecule has 0 spiro atoms. The van der Waals surface area contributed by atoms with Crippen molar-refractivity contribution in [3.63, 3.8) is 0 Å². The van der Waals surface area contributed by atoms with Crippen molar-refractivity contribution in [1.82, 2.24) is 5.32 Å². The molecule has 2 aromatic rings. The smallest absolute Gasteiger partial charge is 0.344 e. The zero-order valence-corrected chi connectivity index (χ0v) is 18.5. The normalized spacial score (nSPS) is 11.6. The Hall–Kier alpha value is -3.86. The molecule has 0 saturated carbocycles. The number of methoxy groups -OCH3 is 1. The summed E-state index contributed by atoms with van der Waals surface area (Å²) >= 11 is 0. The highest BCUT2D eigenvalue weighted by molar-refractivity contribution is 5.96. The number of ether oxygens (including phenoxy) is 3. The Kier molecular flexibility index (Phi) is 8.36. The number of benzene rings is 2. The predicted molar refractivity (Wildman–Crippen MR) is 116 cm³/mol. The summed E-state index contributed by atoms with van der Waals surface area (Å²) in [7, 11) is 1.25. The SMILES string of the molecule is COC(=O)[C@@H](Cc1ccc(OCC(=O)OC(C)(C)C)cc1)NC(=O)c1ccc(C#N)cc1. The minimum atomic E-state index is -0.906. The van der Waals surface area contributed by atoms with Crippen LogP contribution >= 0.6 is 0 Å². The Bertz CT molecular complexity index is 985. The molecule has 1 amide bonds. The second-order valence-electron chi connectivity index (χ2n) is 7.96. The predicted octanol–water partition coefficient (Wildman–Crippen LogP) is 2.79. The third kappa shape index (κ3) is 7.76. The van der Waals surface area contributed by atoms with E-state index in [2.05, 4.69) is 5.32 Å². The van der Waals surface area contributed by atoms with Crippen molar-refractivity contribution in [2.75, 3.05) is 13.7 Å². The molecule has 0 aliphatic heterocycles. The molecule has 0 aliphatic rings. The Labute approximate surface area is 187 Å². The lowest BCUT2D eigenvalue weighted by atomic mass is 10.0. The zero-order chi connectivity index (χ0) is 23.7. The number of nitriles is 1. The van der Waals surface area contributed by atoms with Gasteiger partial charge in [-0.05, 0) is 62.7 Å². The van der Waals surface area contributed by atoms with E-state index in [1.807, 2.05) is 6.07 Å². The summed E-state index contributed by atoms with van der Waals surface area (Å²) in [5.41, 5.74) is 0.920. The van der Waals surface area contributed by atoms with Crippen LogP contribution in [0.5, 0.6) is 5.75 Å². The van der Waals surface area contributed by atoms with E-state index in [1.54, 1.807) is 45.0 Å². The first-order valence-electron chi connectivity index (χ1n) is 9.93. The Morgan fingerprint density at radius 1 is 1.03 bits per heavy atom. The molecule has 0 bridgehead atoms. The number of carbonyl (C=O) groups excluding carboxylic acids is 3. The van der Waals surface area contributed by atoms with E-state index in [0.717, 1.165) is 5.56 Å². The minimum Gasteiger partial charge on any atom is -0.482 e. The molecule has 8 nitrogen and oxygen atoms in total. The van der Waals surface area contributed by atoms with Crippen molar-refractivity contribution in [2.45, 2.75) is 38.8 Å².